The summed E-state index contributed by atoms with van der Waals surface area (Å²) in [5.41, 5.74) is 9.12. The molecule has 9 heteroatoms. The van der Waals surface area contributed by atoms with Gasteiger partial charge in [-0.3, -0.25) is 0 Å². The quantitative estimate of drug-likeness (QED) is 0.511. The van der Waals surface area contributed by atoms with Gasteiger partial charge in [-0.2, -0.15) is 4.98 Å². The molecule has 3 heterocycles. The molecule has 0 spiro atoms. The number of halogens is 1. The van der Waals surface area contributed by atoms with Crippen LogP contribution in [0.3, 0.4) is 0 Å². The number of rotatable bonds is 5. The van der Waals surface area contributed by atoms with Crippen LogP contribution in [0.2, 0.25) is 0 Å². The van der Waals surface area contributed by atoms with Crippen LogP contribution in [0.1, 0.15) is 12.8 Å². The van der Waals surface area contributed by atoms with Crippen molar-refractivity contribution in [2.45, 2.75) is 12.8 Å². The van der Waals surface area contributed by atoms with E-state index in [1.165, 1.54) is 12.1 Å². The van der Waals surface area contributed by atoms with E-state index in [9.17, 15) is 4.39 Å². The second kappa shape index (κ2) is 7.99. The zero-order valence-electron chi connectivity index (χ0n) is 17.9. The van der Waals surface area contributed by atoms with E-state index in [-0.39, 0.29) is 5.82 Å². The zero-order valence-corrected chi connectivity index (χ0v) is 17.9. The Morgan fingerprint density at radius 3 is 2.34 bits per heavy atom. The Morgan fingerprint density at radius 1 is 0.938 bits per heavy atom. The lowest BCUT2D eigenvalue weighted by atomic mass is 10.1. The predicted octanol–water partition coefficient (Wildman–Crippen LogP) is 3.82. The number of nitrogen functional groups attached to an aromatic ring is 1. The van der Waals surface area contributed by atoms with Crippen LogP contribution in [-0.4, -0.2) is 47.1 Å². The normalized spacial score (nSPS) is 13.7. The summed E-state index contributed by atoms with van der Waals surface area (Å²) in [4.78, 5) is 11.8. The first-order valence-electron chi connectivity index (χ1n) is 10.4. The van der Waals surface area contributed by atoms with Crippen LogP contribution in [0.25, 0.3) is 28.0 Å². The Hall–Kier alpha value is -3.88. The molecule has 0 radical (unpaired) electrons. The molecule has 0 saturated carbocycles. The highest BCUT2D eigenvalue weighted by molar-refractivity contribution is 5.99. The summed E-state index contributed by atoms with van der Waals surface area (Å²) in [6.07, 6.45) is 2.19. The van der Waals surface area contributed by atoms with Gasteiger partial charge in [-0.15, -0.1) is 5.10 Å². The van der Waals surface area contributed by atoms with E-state index in [4.69, 9.17) is 25.2 Å². The van der Waals surface area contributed by atoms with Crippen LogP contribution < -0.4 is 20.1 Å². The number of aromatic nitrogens is 4. The number of anilines is 2. The van der Waals surface area contributed by atoms with E-state index in [1.54, 1.807) is 31.0 Å². The highest BCUT2D eigenvalue weighted by Gasteiger charge is 2.23. The van der Waals surface area contributed by atoms with Crippen LogP contribution in [0.4, 0.5) is 16.2 Å². The van der Waals surface area contributed by atoms with E-state index in [2.05, 4.69) is 10.00 Å². The molecule has 1 saturated heterocycles. The molecular formula is C23H23FN6O2. The smallest absolute Gasteiger partial charge is 0.228 e. The number of hydrogen-bond acceptors (Lipinski definition) is 7. The third kappa shape index (κ3) is 3.35. The van der Waals surface area contributed by atoms with E-state index in [0.29, 0.717) is 45.7 Å². The topological polar surface area (TPSA) is 91.3 Å². The Bertz CT molecular complexity index is 1280. The molecule has 0 atom stereocenters. The number of fused-ring (bicyclic) bond motifs is 1. The standard InChI is InChI=1S/C23H23FN6O2/c1-31-17-10-5-14(13-18(17)32-2)20-19-21(25)30(16-8-6-15(24)7-9-16)28-22(19)27-23(26-20)29-11-3-4-12-29/h5-10,13H,3-4,11-12,25H2,1-2H3. The molecule has 1 aliphatic heterocycles. The lowest BCUT2D eigenvalue weighted by molar-refractivity contribution is 0.355. The SMILES string of the molecule is COc1ccc(-c2nc(N3CCCC3)nc3nn(-c4ccc(F)cc4)c(N)c23)cc1OC. The van der Waals surface area contributed by atoms with E-state index in [0.717, 1.165) is 31.5 Å². The Morgan fingerprint density at radius 2 is 1.66 bits per heavy atom. The lowest BCUT2D eigenvalue weighted by Gasteiger charge is -2.16. The van der Waals surface area contributed by atoms with Crippen molar-refractivity contribution in [1.29, 1.82) is 0 Å². The highest BCUT2D eigenvalue weighted by Crippen LogP contribution is 2.37. The molecule has 8 nitrogen and oxygen atoms in total. The number of methoxy groups -OCH3 is 2. The molecule has 164 valence electrons. The van der Waals surface area contributed by atoms with Crippen molar-refractivity contribution < 1.29 is 13.9 Å². The van der Waals surface area contributed by atoms with Gasteiger partial charge in [-0.05, 0) is 55.3 Å². The molecular weight excluding hydrogens is 411 g/mol. The number of hydrogen-bond donors (Lipinski definition) is 1. The average molecular weight is 434 g/mol. The molecule has 0 amide bonds. The van der Waals surface area contributed by atoms with Crippen LogP contribution in [0.5, 0.6) is 11.5 Å². The van der Waals surface area contributed by atoms with Gasteiger partial charge < -0.3 is 20.1 Å². The number of benzene rings is 2. The molecule has 0 aliphatic carbocycles. The van der Waals surface area contributed by atoms with E-state index < -0.39 is 0 Å². The summed E-state index contributed by atoms with van der Waals surface area (Å²) >= 11 is 0. The second-order valence-electron chi connectivity index (χ2n) is 7.61. The first kappa shape index (κ1) is 20.0. The van der Waals surface area contributed by atoms with E-state index >= 15 is 0 Å². The van der Waals surface area contributed by atoms with Crippen molar-refractivity contribution in [2.24, 2.45) is 0 Å². The maximum atomic E-state index is 13.4. The molecule has 4 aromatic rings. The van der Waals surface area contributed by atoms with Gasteiger partial charge in [0, 0.05) is 18.7 Å². The summed E-state index contributed by atoms with van der Waals surface area (Å²) in [5, 5.41) is 5.27. The van der Waals surface area contributed by atoms with Crippen LogP contribution in [0, 0.1) is 5.82 Å². The monoisotopic (exact) mass is 434 g/mol. The van der Waals surface area contributed by atoms with Gasteiger partial charge in [0.2, 0.25) is 5.95 Å². The zero-order chi connectivity index (χ0) is 22.2. The molecule has 0 unspecified atom stereocenters. The van der Waals surface area contributed by atoms with Crippen molar-refractivity contribution in [3.63, 3.8) is 0 Å². The van der Waals surface area contributed by atoms with Crippen molar-refractivity contribution in [2.75, 3.05) is 37.9 Å². The molecule has 2 aromatic carbocycles. The van der Waals surface area contributed by atoms with Crippen LogP contribution >= 0.6 is 0 Å². The predicted molar refractivity (Wildman–Crippen MR) is 121 cm³/mol. The largest absolute Gasteiger partial charge is 0.493 e. The minimum absolute atomic E-state index is 0.328. The van der Waals surface area contributed by atoms with Crippen molar-refractivity contribution >= 4 is 22.8 Å². The van der Waals surface area contributed by atoms with Crippen LogP contribution in [0.15, 0.2) is 42.5 Å². The van der Waals surface area contributed by atoms with Gasteiger partial charge in [0.25, 0.3) is 0 Å². The van der Waals surface area contributed by atoms with Gasteiger partial charge >= 0.3 is 0 Å². The molecule has 32 heavy (non-hydrogen) atoms. The Kier molecular flexibility index (Phi) is 5.01. The van der Waals surface area contributed by atoms with Gasteiger partial charge in [-0.25, -0.2) is 14.1 Å². The summed E-state index contributed by atoms with van der Waals surface area (Å²) in [6.45, 7) is 1.79. The van der Waals surface area contributed by atoms with E-state index in [1.807, 2.05) is 18.2 Å². The fourth-order valence-corrected chi connectivity index (χ4v) is 4.03. The number of nitrogens with two attached hydrogens (primary N) is 1. The first-order chi connectivity index (χ1) is 15.6. The molecule has 2 N–H and O–H groups in total. The highest BCUT2D eigenvalue weighted by atomic mass is 19.1. The second-order valence-corrected chi connectivity index (χ2v) is 7.61. The Balaban J connectivity index is 1.75. The third-order valence-electron chi connectivity index (χ3n) is 5.67. The summed E-state index contributed by atoms with van der Waals surface area (Å²) < 4.78 is 25.9. The fraction of sp³-hybridized carbons (Fsp3) is 0.261. The van der Waals surface area contributed by atoms with Gasteiger partial charge in [0.1, 0.15) is 11.6 Å². The number of ether oxygens (including phenoxy) is 2. The summed E-state index contributed by atoms with van der Waals surface area (Å²) in [5.74, 6) is 1.87. The van der Waals surface area contributed by atoms with Gasteiger partial charge in [0.15, 0.2) is 17.1 Å². The average Bonchev–Trinajstić information content (AvgIpc) is 3.47. The minimum Gasteiger partial charge on any atom is -0.493 e. The van der Waals surface area contributed by atoms with Gasteiger partial charge in [0.05, 0.1) is 31.0 Å². The van der Waals surface area contributed by atoms with Crippen LogP contribution in [-0.2, 0) is 0 Å². The maximum Gasteiger partial charge on any atom is 0.228 e. The minimum atomic E-state index is -0.328. The first-order valence-corrected chi connectivity index (χ1v) is 10.4. The summed E-state index contributed by atoms with van der Waals surface area (Å²) in [6, 6.07) is 11.6. The molecule has 1 aliphatic rings. The van der Waals surface area contributed by atoms with Crippen molar-refractivity contribution in [3.05, 3.63) is 48.3 Å². The lowest BCUT2D eigenvalue weighted by Crippen LogP contribution is -2.20. The molecule has 1 fully saturated rings. The fourth-order valence-electron chi connectivity index (χ4n) is 4.03. The molecule has 0 bridgehead atoms. The Labute approximate surface area is 184 Å². The third-order valence-corrected chi connectivity index (χ3v) is 5.67. The van der Waals surface area contributed by atoms with Gasteiger partial charge in [-0.1, -0.05) is 0 Å². The maximum absolute atomic E-state index is 13.4. The molecule has 5 rings (SSSR count). The molecule has 2 aromatic heterocycles. The van der Waals surface area contributed by atoms with Crippen molar-refractivity contribution in [1.82, 2.24) is 19.7 Å². The summed E-state index contributed by atoms with van der Waals surface area (Å²) in [7, 11) is 3.18. The van der Waals surface area contributed by atoms with Crippen molar-refractivity contribution in [3.8, 4) is 28.4 Å². The number of nitrogens with zero attached hydrogens (tertiary/aromatic N) is 5.